The van der Waals surface area contributed by atoms with Gasteiger partial charge in [0.1, 0.15) is 54.3 Å². The van der Waals surface area contributed by atoms with Crippen molar-refractivity contribution in [2.45, 2.75) is 80.6 Å². The summed E-state index contributed by atoms with van der Waals surface area (Å²) in [6.07, 6.45) is -6.35. The first-order chi connectivity index (χ1) is 30.4. The normalized spacial score (nSPS) is 25.4. The number of benzene rings is 2. The summed E-state index contributed by atoms with van der Waals surface area (Å²) in [6.45, 7) is -1.70. The van der Waals surface area contributed by atoms with Crippen molar-refractivity contribution in [3.8, 4) is 5.75 Å². The lowest BCUT2D eigenvalue weighted by molar-refractivity contribution is -0.271. The highest BCUT2D eigenvalue weighted by Crippen LogP contribution is 2.25. The Morgan fingerprint density at radius 1 is 0.906 bits per heavy atom. The van der Waals surface area contributed by atoms with Gasteiger partial charge in [-0.05, 0) is 29.7 Å². The first-order valence-corrected chi connectivity index (χ1v) is 22.3. The summed E-state index contributed by atoms with van der Waals surface area (Å²) in [6, 6.07) is 6.38. The largest absolute Gasteiger partial charge is 0.508 e. The van der Waals surface area contributed by atoms with Crippen LogP contribution in [0.15, 0.2) is 54.6 Å². The van der Waals surface area contributed by atoms with Crippen molar-refractivity contribution in [3.63, 3.8) is 0 Å². The zero-order valence-corrected chi connectivity index (χ0v) is 36.1. The Morgan fingerprint density at radius 3 is 2.25 bits per heavy atom. The summed E-state index contributed by atoms with van der Waals surface area (Å²) in [4.78, 5) is 105. The third kappa shape index (κ3) is 15.9. The van der Waals surface area contributed by atoms with E-state index in [2.05, 4.69) is 37.2 Å². The van der Waals surface area contributed by atoms with Gasteiger partial charge in [0.05, 0.1) is 32.3 Å². The lowest BCUT2D eigenvalue weighted by Gasteiger charge is -2.42. The Labute approximate surface area is 374 Å². The number of ether oxygens (including phenoxy) is 2. The number of phenolic OH excluding ortho intramolecular Hbond substituents is 1. The Kier molecular flexibility index (Phi) is 20.0. The van der Waals surface area contributed by atoms with Gasteiger partial charge in [0.25, 0.3) is 0 Å². The predicted molar refractivity (Wildman–Crippen MR) is 229 cm³/mol. The van der Waals surface area contributed by atoms with Crippen molar-refractivity contribution in [2.24, 2.45) is 11.5 Å². The van der Waals surface area contributed by atoms with Gasteiger partial charge >= 0.3 is 0 Å². The maximum atomic E-state index is 14.1. The molecule has 2 fully saturated rings. The molecule has 0 spiro atoms. The molecule has 10 atom stereocenters. The summed E-state index contributed by atoms with van der Waals surface area (Å²) >= 11 is 0. The van der Waals surface area contributed by atoms with Crippen LogP contribution in [0.1, 0.15) is 18.1 Å². The number of nitrogens with two attached hydrogens (primary N) is 2. The summed E-state index contributed by atoms with van der Waals surface area (Å²) in [5.74, 6) is -6.96. The van der Waals surface area contributed by atoms with E-state index in [9.17, 15) is 58.8 Å². The molecule has 2 heterocycles. The average molecular weight is 936 g/mol. The minimum atomic E-state index is -1.71. The van der Waals surface area contributed by atoms with Gasteiger partial charge in [0, 0.05) is 24.9 Å². The van der Waals surface area contributed by atoms with Crippen molar-refractivity contribution in [3.05, 3.63) is 65.7 Å². The number of aliphatic hydroxyl groups is 3. The number of amides is 8. The van der Waals surface area contributed by atoms with Crippen molar-refractivity contribution >= 4 is 68.8 Å². The smallest absolute Gasteiger partial charge is 0.245 e. The van der Waals surface area contributed by atoms with E-state index < -0.39 is 134 Å². The number of phenols is 1. The number of aliphatic hydroxyl groups excluding tert-OH is 3. The van der Waals surface area contributed by atoms with Crippen LogP contribution in [0.4, 0.5) is 0 Å². The number of nitrogens with one attached hydrogen (secondary N) is 7. The molecule has 8 amide bonds. The highest BCUT2D eigenvalue weighted by atomic mass is 33.1. The summed E-state index contributed by atoms with van der Waals surface area (Å²) in [5, 5.41) is 57.7. The second-order valence-corrected chi connectivity index (χ2v) is 17.3. The molecule has 2 aromatic rings. The highest BCUT2D eigenvalue weighted by molar-refractivity contribution is 8.76. The van der Waals surface area contributed by atoms with Crippen LogP contribution in [0.5, 0.6) is 5.75 Å². The molecular formula is C39H53N9O14S2. The van der Waals surface area contributed by atoms with E-state index in [1.165, 1.54) is 12.1 Å². The van der Waals surface area contributed by atoms with Crippen LogP contribution < -0.4 is 48.7 Å². The average Bonchev–Trinajstić information content (AvgIpc) is 3.26. The topological polar surface area (TPSA) is 372 Å². The Morgan fingerprint density at radius 2 is 1.59 bits per heavy atom. The van der Waals surface area contributed by atoms with E-state index >= 15 is 0 Å². The van der Waals surface area contributed by atoms with Crippen LogP contribution in [-0.4, -0.2) is 166 Å². The molecule has 23 nitrogen and oxygen atoms in total. The zero-order valence-electron chi connectivity index (χ0n) is 34.5. The van der Waals surface area contributed by atoms with E-state index in [0.717, 1.165) is 28.5 Å². The van der Waals surface area contributed by atoms with Gasteiger partial charge in [-0.3, -0.25) is 38.4 Å². The molecule has 2 aromatic carbocycles. The number of aromatic hydroxyl groups is 1. The number of carbonyl (C=O) groups excluding carboxylic acids is 8. The molecule has 2 aliphatic heterocycles. The standard InChI is InChI=1S/C39H53N9O14S2/c1-19(50)44-31-33(55)32(54)28(15-49)62-39(31)61-16-25(35(57)42-13-29(41)52)46-38(60)27-18-64-63-17-26(47-34(56)23(40)11-21-7-9-22(51)10-8-21)36(58)43-14-30(53)45-24(37(59)48-27)12-20-5-3-2-4-6-20/h2-10,23-28,31-33,39,49,51,54-55H,11-18,40H2,1H3,(H2,41,52)(H,42,57)(H,43,58)(H,44,50)(H,45,53)(H,46,60)(H,47,56)(H,48,59)/t23-,24?,25-,26+,27?,28+,31+,32+,33+,39+/m0/s1. The van der Waals surface area contributed by atoms with E-state index in [-0.39, 0.29) is 30.1 Å². The fourth-order valence-corrected chi connectivity index (χ4v) is 8.61. The number of hydrogen-bond acceptors (Lipinski definition) is 17. The molecule has 4 rings (SSSR count). The highest BCUT2D eigenvalue weighted by Gasteiger charge is 2.46. The van der Waals surface area contributed by atoms with Gasteiger partial charge < -0.3 is 78.6 Å². The van der Waals surface area contributed by atoms with E-state index in [1.807, 2.05) is 0 Å². The molecule has 64 heavy (non-hydrogen) atoms. The van der Waals surface area contributed by atoms with Crippen LogP contribution in [-0.2, 0) is 60.7 Å². The molecule has 2 aliphatic rings. The molecule has 0 aromatic heterocycles. The van der Waals surface area contributed by atoms with E-state index in [1.54, 1.807) is 42.5 Å². The van der Waals surface area contributed by atoms with Gasteiger partial charge in [-0.15, -0.1) is 0 Å². The van der Waals surface area contributed by atoms with Gasteiger partial charge in [-0.25, -0.2) is 0 Å². The first-order valence-electron chi connectivity index (χ1n) is 19.8. The summed E-state index contributed by atoms with van der Waals surface area (Å²) < 4.78 is 11.3. The van der Waals surface area contributed by atoms with Crippen LogP contribution in [0.3, 0.4) is 0 Å². The lowest BCUT2D eigenvalue weighted by atomic mass is 9.97. The second kappa shape index (κ2) is 25.1. The molecule has 15 N–H and O–H groups in total. The molecule has 0 radical (unpaired) electrons. The fraction of sp³-hybridized carbons (Fsp3) is 0.487. The van der Waals surface area contributed by atoms with Crippen LogP contribution >= 0.6 is 21.6 Å². The lowest BCUT2D eigenvalue weighted by Crippen LogP contribution is -2.65. The minimum Gasteiger partial charge on any atom is -0.508 e. The maximum absolute atomic E-state index is 14.1. The Hall–Kier alpha value is -5.54. The molecular weight excluding hydrogens is 883 g/mol. The van der Waals surface area contributed by atoms with Crippen LogP contribution in [0, 0.1) is 0 Å². The minimum absolute atomic E-state index is 0.0194. The van der Waals surface area contributed by atoms with Gasteiger partial charge in [0.15, 0.2) is 6.29 Å². The summed E-state index contributed by atoms with van der Waals surface area (Å²) in [7, 11) is 2.02. The first kappa shape index (κ1) is 51.1. The molecule has 0 bridgehead atoms. The van der Waals surface area contributed by atoms with E-state index in [4.69, 9.17) is 20.9 Å². The quantitative estimate of drug-likeness (QED) is 0.0699. The molecule has 0 aliphatic carbocycles. The maximum Gasteiger partial charge on any atom is 0.245 e. The predicted octanol–water partition coefficient (Wildman–Crippen LogP) is -5.48. The van der Waals surface area contributed by atoms with Gasteiger partial charge in [0.2, 0.25) is 47.3 Å². The number of hydrogen-bond donors (Lipinski definition) is 13. The van der Waals surface area contributed by atoms with Crippen molar-refractivity contribution in [1.82, 2.24) is 37.2 Å². The molecule has 2 unspecified atom stereocenters. The molecule has 350 valence electrons. The Balaban J connectivity index is 1.58. The van der Waals surface area contributed by atoms with Crippen LogP contribution in [0.2, 0.25) is 0 Å². The van der Waals surface area contributed by atoms with E-state index in [0.29, 0.717) is 11.1 Å². The second-order valence-electron chi connectivity index (χ2n) is 14.7. The fourth-order valence-electron chi connectivity index (χ4n) is 6.28. The molecule has 0 saturated carbocycles. The number of rotatable bonds is 16. The van der Waals surface area contributed by atoms with Crippen molar-refractivity contribution in [1.29, 1.82) is 0 Å². The third-order valence-corrected chi connectivity index (χ3v) is 12.1. The zero-order chi connectivity index (χ0) is 46.9. The molecule has 25 heteroatoms. The third-order valence-electron chi connectivity index (χ3n) is 9.65. The Bertz CT molecular complexity index is 1950. The van der Waals surface area contributed by atoms with Crippen molar-refractivity contribution in [2.75, 3.05) is 37.8 Å². The monoisotopic (exact) mass is 935 g/mol. The van der Waals surface area contributed by atoms with Crippen LogP contribution in [0.25, 0.3) is 0 Å². The number of primary amides is 1. The number of carbonyl (C=O) groups is 8. The van der Waals surface area contributed by atoms with Crippen molar-refractivity contribution < 1.29 is 68.3 Å². The van der Waals surface area contributed by atoms with Gasteiger partial charge in [-0.2, -0.15) is 0 Å². The molecule has 2 saturated heterocycles. The van der Waals surface area contributed by atoms with Gasteiger partial charge in [-0.1, -0.05) is 64.1 Å². The SMILES string of the molecule is CC(=O)N[C@H]1[C@H](OC[C@H](NC(=O)C2CSSC[C@@H](NC(=O)[C@@H](N)Cc3ccc(O)cc3)C(=O)NCC(=O)NC(Cc3ccccc3)C(=O)N2)C(=O)NCC(N)=O)O[C@H](CO)[C@@H](O)[C@@H]1O. The summed E-state index contributed by atoms with van der Waals surface area (Å²) in [5.41, 5.74) is 12.6.